The Morgan fingerprint density at radius 2 is 1.47 bits per heavy atom. The van der Waals surface area contributed by atoms with Crippen LogP contribution in [-0.4, -0.2) is 38.7 Å². The molecule has 0 unspecified atom stereocenters. The maximum Gasteiger partial charge on any atom is 0.289 e. The van der Waals surface area contributed by atoms with Crippen molar-refractivity contribution in [1.82, 2.24) is 0 Å². The highest BCUT2D eigenvalue weighted by atomic mass is 32.2. The van der Waals surface area contributed by atoms with Gasteiger partial charge in [-0.2, -0.15) is 8.42 Å². The Morgan fingerprint density at radius 3 is 2.12 bits per heavy atom. The van der Waals surface area contributed by atoms with Crippen LogP contribution in [0.4, 0.5) is 0 Å². The van der Waals surface area contributed by atoms with Crippen LogP contribution in [-0.2, 0) is 19.6 Å². The molecule has 6 heteroatoms. The van der Waals surface area contributed by atoms with Gasteiger partial charge < -0.3 is 9.47 Å². The van der Waals surface area contributed by atoms with Gasteiger partial charge in [0.25, 0.3) is 10.1 Å². The summed E-state index contributed by atoms with van der Waals surface area (Å²) in [4.78, 5) is 0. The summed E-state index contributed by atoms with van der Waals surface area (Å²) in [5, 5.41) is 0. The number of ether oxygens (including phenoxy) is 2. The van der Waals surface area contributed by atoms with Crippen molar-refractivity contribution in [1.29, 1.82) is 0 Å². The molecule has 0 fully saturated rings. The van der Waals surface area contributed by atoms with E-state index in [2.05, 4.69) is 6.92 Å². The molecule has 0 aliphatic carbocycles. The molecule has 0 aromatic rings. The predicted molar refractivity (Wildman–Crippen MR) is 66.6 cm³/mol. The van der Waals surface area contributed by atoms with Gasteiger partial charge in [0.2, 0.25) is 0 Å². The van der Waals surface area contributed by atoms with Gasteiger partial charge in [0.15, 0.2) is 5.94 Å². The summed E-state index contributed by atoms with van der Waals surface area (Å²) in [6.45, 7) is 3.43. The molecule has 0 aliphatic heterocycles. The van der Waals surface area contributed by atoms with Crippen molar-refractivity contribution in [2.75, 3.05) is 25.8 Å². The normalized spacial score (nSPS) is 11.9. The van der Waals surface area contributed by atoms with Crippen molar-refractivity contribution in [3.05, 3.63) is 0 Å². The maximum absolute atomic E-state index is 10.3. The molecule has 0 bridgehead atoms. The summed E-state index contributed by atoms with van der Waals surface area (Å²) in [6, 6.07) is 0. The molecule has 1 N–H and O–H groups in total. The average Bonchev–Trinajstić information content (AvgIpc) is 2.24. The molecule has 0 aromatic carbocycles. The summed E-state index contributed by atoms with van der Waals surface area (Å²) in [7, 11) is -4.01. The number of hydrogen-bond donors (Lipinski definition) is 1. The zero-order valence-electron chi connectivity index (χ0n) is 10.6. The second kappa shape index (κ2) is 11.0. The minimum Gasteiger partial charge on any atom is -0.379 e. The van der Waals surface area contributed by atoms with Gasteiger partial charge in [-0.3, -0.25) is 4.55 Å². The third-order valence-corrected chi connectivity index (χ3v) is 2.71. The molecule has 5 nitrogen and oxygen atoms in total. The van der Waals surface area contributed by atoms with Crippen LogP contribution in [0.15, 0.2) is 0 Å². The highest BCUT2D eigenvalue weighted by molar-refractivity contribution is 7.85. The van der Waals surface area contributed by atoms with Crippen molar-refractivity contribution >= 4 is 10.1 Å². The number of unbranched alkanes of at least 4 members (excludes halogenated alkanes) is 5. The molecule has 0 rings (SSSR count). The Kier molecular flexibility index (Phi) is 10.8. The molecule has 0 spiro atoms. The third-order valence-electron chi connectivity index (χ3n) is 2.25. The Morgan fingerprint density at radius 1 is 0.882 bits per heavy atom. The summed E-state index contributed by atoms with van der Waals surface area (Å²) >= 11 is 0. The largest absolute Gasteiger partial charge is 0.379 e. The average molecular weight is 268 g/mol. The monoisotopic (exact) mass is 268 g/mol. The molecule has 0 atom stereocenters. The van der Waals surface area contributed by atoms with E-state index < -0.39 is 16.1 Å². The second-order valence-corrected chi connectivity index (χ2v) is 5.39. The maximum atomic E-state index is 10.3. The highest BCUT2D eigenvalue weighted by Gasteiger charge is 2.02. The van der Waals surface area contributed by atoms with Crippen molar-refractivity contribution in [3.8, 4) is 0 Å². The molecular formula is C11H24O5S. The Hall–Kier alpha value is -0.170. The quantitative estimate of drug-likeness (QED) is 0.434. The fourth-order valence-corrected chi connectivity index (χ4v) is 1.70. The van der Waals surface area contributed by atoms with E-state index in [0.29, 0.717) is 13.2 Å². The molecule has 0 heterocycles. The van der Waals surface area contributed by atoms with E-state index in [1.807, 2.05) is 0 Å². The summed E-state index contributed by atoms with van der Waals surface area (Å²) in [5.41, 5.74) is 0. The van der Waals surface area contributed by atoms with E-state index in [0.717, 1.165) is 6.42 Å². The van der Waals surface area contributed by atoms with Gasteiger partial charge in [-0.1, -0.05) is 39.0 Å². The van der Waals surface area contributed by atoms with Crippen molar-refractivity contribution in [2.45, 2.75) is 45.4 Å². The zero-order valence-corrected chi connectivity index (χ0v) is 11.4. The van der Waals surface area contributed by atoms with E-state index in [4.69, 9.17) is 14.0 Å². The molecule has 104 valence electrons. The molecule has 0 saturated carbocycles. The lowest BCUT2D eigenvalue weighted by Gasteiger charge is -2.04. The first-order valence-electron chi connectivity index (χ1n) is 6.17. The van der Waals surface area contributed by atoms with E-state index in [1.54, 1.807) is 0 Å². The lowest BCUT2D eigenvalue weighted by Crippen LogP contribution is -2.12. The minimum atomic E-state index is -4.01. The van der Waals surface area contributed by atoms with Gasteiger partial charge in [-0.15, -0.1) is 0 Å². The molecule has 0 saturated heterocycles. The van der Waals surface area contributed by atoms with Crippen LogP contribution in [0.5, 0.6) is 0 Å². The van der Waals surface area contributed by atoms with Crippen LogP contribution in [0.2, 0.25) is 0 Å². The molecule has 0 amide bonds. The van der Waals surface area contributed by atoms with E-state index in [9.17, 15) is 8.42 Å². The second-order valence-electron chi connectivity index (χ2n) is 3.99. The van der Waals surface area contributed by atoms with Crippen LogP contribution >= 0.6 is 0 Å². The molecule has 0 aromatic heterocycles. The fourth-order valence-electron chi connectivity index (χ4n) is 1.37. The van der Waals surface area contributed by atoms with Crippen LogP contribution < -0.4 is 0 Å². The van der Waals surface area contributed by atoms with Crippen LogP contribution in [0.3, 0.4) is 0 Å². The third kappa shape index (κ3) is 15.8. The Bertz CT molecular complexity index is 251. The predicted octanol–water partition coefficient (Wildman–Crippen LogP) is 2.23. The minimum absolute atomic E-state index is 0.190. The summed E-state index contributed by atoms with van der Waals surface area (Å²) in [5.74, 6) is -0.659. The van der Waals surface area contributed by atoms with Gasteiger partial charge in [0.1, 0.15) is 0 Å². The summed E-state index contributed by atoms with van der Waals surface area (Å²) in [6.07, 6.45) is 7.28. The number of hydrogen-bond acceptors (Lipinski definition) is 4. The first kappa shape index (κ1) is 16.8. The summed E-state index contributed by atoms with van der Waals surface area (Å²) < 4.78 is 38.9. The highest BCUT2D eigenvalue weighted by Crippen LogP contribution is 2.04. The zero-order chi connectivity index (χ0) is 13.0. The first-order valence-corrected chi connectivity index (χ1v) is 7.78. The molecule has 17 heavy (non-hydrogen) atoms. The van der Waals surface area contributed by atoms with Gasteiger partial charge in [-0.25, -0.2) is 0 Å². The first-order chi connectivity index (χ1) is 8.06. The van der Waals surface area contributed by atoms with E-state index in [-0.39, 0.29) is 6.61 Å². The lowest BCUT2D eigenvalue weighted by molar-refractivity contribution is 0.0606. The topological polar surface area (TPSA) is 72.8 Å². The van der Waals surface area contributed by atoms with Crippen molar-refractivity contribution < 1.29 is 22.4 Å². The Labute approximate surface area is 104 Å². The van der Waals surface area contributed by atoms with Crippen LogP contribution in [0.25, 0.3) is 0 Å². The van der Waals surface area contributed by atoms with E-state index in [1.165, 1.54) is 32.1 Å². The molecule has 0 radical (unpaired) electrons. The van der Waals surface area contributed by atoms with E-state index >= 15 is 0 Å². The lowest BCUT2D eigenvalue weighted by atomic mass is 10.1. The van der Waals surface area contributed by atoms with Crippen LogP contribution in [0.1, 0.15) is 45.4 Å². The van der Waals surface area contributed by atoms with Gasteiger partial charge >= 0.3 is 0 Å². The fraction of sp³-hybridized carbons (Fsp3) is 1.00. The molecular weight excluding hydrogens is 244 g/mol. The van der Waals surface area contributed by atoms with Crippen LogP contribution in [0, 0.1) is 0 Å². The van der Waals surface area contributed by atoms with Gasteiger partial charge in [0.05, 0.1) is 13.2 Å². The smallest absolute Gasteiger partial charge is 0.289 e. The van der Waals surface area contributed by atoms with Crippen molar-refractivity contribution in [3.63, 3.8) is 0 Å². The Balaban J connectivity index is 3.04. The number of rotatable bonds is 12. The van der Waals surface area contributed by atoms with Crippen molar-refractivity contribution in [2.24, 2.45) is 0 Å². The van der Waals surface area contributed by atoms with Gasteiger partial charge in [0, 0.05) is 6.61 Å². The standard InChI is InChI=1S/C11H24O5S/c1-2-3-4-5-6-7-8-15-9-10-16-11-17(12,13)14/h2-11H2,1H3,(H,12,13,14). The molecule has 0 aliphatic rings. The SMILES string of the molecule is CCCCCCCCOCCOCS(=O)(=O)O. The van der Waals surface area contributed by atoms with Gasteiger partial charge in [-0.05, 0) is 6.42 Å².